The molecule has 3 N–H and O–H groups in total. The van der Waals surface area contributed by atoms with Crippen LogP contribution in [0, 0.1) is 0 Å². The van der Waals surface area contributed by atoms with Gasteiger partial charge in [0.25, 0.3) is 0 Å². The van der Waals surface area contributed by atoms with Gasteiger partial charge in [-0.15, -0.1) is 0 Å². The molecule has 15 heavy (non-hydrogen) atoms. The number of hydrogen-bond acceptors (Lipinski definition) is 3. The van der Waals surface area contributed by atoms with Crippen molar-refractivity contribution in [2.45, 2.75) is 19.3 Å². The number of carboxylic acids is 1. The Bertz CT molecular complexity index is 338. The van der Waals surface area contributed by atoms with E-state index in [1.807, 2.05) is 6.07 Å². The Hall–Kier alpha value is -1.33. The number of hydrogen-bond donors (Lipinski definition) is 3. The highest BCUT2D eigenvalue weighted by Crippen LogP contribution is 2.03. The first kappa shape index (κ1) is 11.7. The summed E-state index contributed by atoms with van der Waals surface area (Å²) in [6.45, 7) is 0. The third-order valence-electron chi connectivity index (χ3n) is 2.11. The summed E-state index contributed by atoms with van der Waals surface area (Å²) in [5.74, 6) is -0.812. The summed E-state index contributed by atoms with van der Waals surface area (Å²) in [6, 6.07) is 6.86. The molecule has 4 nitrogen and oxygen atoms in total. The van der Waals surface area contributed by atoms with Gasteiger partial charge in [0, 0.05) is 6.42 Å². The minimum Gasteiger partial charge on any atom is -0.481 e. The van der Waals surface area contributed by atoms with Gasteiger partial charge in [-0.1, -0.05) is 24.3 Å². The third kappa shape index (κ3) is 4.14. The van der Waals surface area contributed by atoms with Crippen molar-refractivity contribution in [1.82, 2.24) is 0 Å². The van der Waals surface area contributed by atoms with Gasteiger partial charge in [0.1, 0.15) is 0 Å². The second-order valence-electron chi connectivity index (χ2n) is 3.37. The number of aryl methyl sites for hydroxylation is 1. The predicted molar refractivity (Wildman–Crippen MR) is 56.8 cm³/mol. The normalized spacial score (nSPS) is 10.0. The lowest BCUT2D eigenvalue weighted by atomic mass is 9.79. The zero-order chi connectivity index (χ0) is 11.3. The van der Waals surface area contributed by atoms with Gasteiger partial charge in [0.2, 0.25) is 0 Å². The second kappa shape index (κ2) is 5.53. The van der Waals surface area contributed by atoms with Gasteiger partial charge in [-0.05, 0) is 23.9 Å². The van der Waals surface area contributed by atoms with Crippen LogP contribution in [0.2, 0.25) is 0 Å². The molecule has 0 fully saturated rings. The van der Waals surface area contributed by atoms with Crippen LogP contribution in [-0.4, -0.2) is 28.2 Å². The third-order valence-corrected chi connectivity index (χ3v) is 2.11. The molecule has 0 atom stereocenters. The standard InChI is InChI=1S/C10H13BO4/c12-10(13)6-2-4-8-3-1-5-9(7-8)11(14)15/h1,3,5,7,14-15H,2,4,6H2,(H,12,13). The predicted octanol–water partition coefficient (Wildman–Crippen LogP) is -0.226. The summed E-state index contributed by atoms with van der Waals surface area (Å²) in [5, 5.41) is 26.3. The molecule has 0 aliphatic rings. The summed E-state index contributed by atoms with van der Waals surface area (Å²) in [7, 11) is -1.47. The van der Waals surface area contributed by atoms with Crippen molar-refractivity contribution in [3.8, 4) is 0 Å². The first-order valence-corrected chi connectivity index (χ1v) is 4.76. The Morgan fingerprint density at radius 2 is 2.07 bits per heavy atom. The van der Waals surface area contributed by atoms with Gasteiger partial charge in [0.05, 0.1) is 0 Å². The molecule has 0 bridgehead atoms. The quantitative estimate of drug-likeness (QED) is 0.584. The van der Waals surface area contributed by atoms with E-state index in [4.69, 9.17) is 15.2 Å². The molecule has 0 aromatic heterocycles. The molecule has 0 aliphatic carbocycles. The van der Waals surface area contributed by atoms with Crippen LogP contribution in [0.25, 0.3) is 0 Å². The number of carbonyl (C=O) groups is 1. The molecule has 0 saturated heterocycles. The topological polar surface area (TPSA) is 77.8 Å². The molecule has 1 aromatic rings. The minimum atomic E-state index is -1.47. The van der Waals surface area contributed by atoms with E-state index >= 15 is 0 Å². The highest BCUT2D eigenvalue weighted by molar-refractivity contribution is 6.58. The van der Waals surface area contributed by atoms with Crippen LogP contribution in [0.5, 0.6) is 0 Å². The molecule has 0 amide bonds. The number of benzene rings is 1. The first-order chi connectivity index (χ1) is 7.09. The lowest BCUT2D eigenvalue weighted by molar-refractivity contribution is -0.137. The fraction of sp³-hybridized carbons (Fsp3) is 0.300. The number of carboxylic acid groups (broad SMARTS) is 1. The van der Waals surface area contributed by atoms with Crippen molar-refractivity contribution in [1.29, 1.82) is 0 Å². The van der Waals surface area contributed by atoms with Crippen molar-refractivity contribution < 1.29 is 19.9 Å². The van der Waals surface area contributed by atoms with E-state index in [1.165, 1.54) is 0 Å². The fourth-order valence-corrected chi connectivity index (χ4v) is 1.35. The van der Waals surface area contributed by atoms with Crippen LogP contribution in [0.15, 0.2) is 24.3 Å². The van der Waals surface area contributed by atoms with Gasteiger partial charge in [-0.2, -0.15) is 0 Å². The van der Waals surface area contributed by atoms with E-state index < -0.39 is 13.1 Å². The van der Waals surface area contributed by atoms with Crippen LogP contribution in [0.1, 0.15) is 18.4 Å². The fourth-order valence-electron chi connectivity index (χ4n) is 1.35. The molecular formula is C10H13BO4. The van der Waals surface area contributed by atoms with Gasteiger partial charge < -0.3 is 15.2 Å². The van der Waals surface area contributed by atoms with Crippen molar-refractivity contribution in [2.75, 3.05) is 0 Å². The lowest BCUT2D eigenvalue weighted by Crippen LogP contribution is -2.29. The maximum absolute atomic E-state index is 10.3. The Morgan fingerprint density at radius 3 is 2.67 bits per heavy atom. The van der Waals surface area contributed by atoms with Gasteiger partial charge in [0.15, 0.2) is 0 Å². The molecule has 5 heteroatoms. The zero-order valence-corrected chi connectivity index (χ0v) is 8.26. The highest BCUT2D eigenvalue weighted by atomic mass is 16.4. The SMILES string of the molecule is O=C(O)CCCc1cccc(B(O)O)c1. The second-order valence-corrected chi connectivity index (χ2v) is 3.37. The van der Waals surface area contributed by atoms with Crippen LogP contribution < -0.4 is 5.46 Å². The van der Waals surface area contributed by atoms with Crippen molar-refractivity contribution in [2.24, 2.45) is 0 Å². The first-order valence-electron chi connectivity index (χ1n) is 4.76. The summed E-state index contributed by atoms with van der Waals surface area (Å²) < 4.78 is 0. The Labute approximate surface area is 88.3 Å². The molecule has 0 unspecified atom stereocenters. The van der Waals surface area contributed by atoms with Crippen LogP contribution in [-0.2, 0) is 11.2 Å². The van der Waals surface area contributed by atoms with Crippen molar-refractivity contribution in [3.63, 3.8) is 0 Å². The summed E-state index contributed by atoms with van der Waals surface area (Å²) in [6.07, 6.45) is 1.32. The highest BCUT2D eigenvalue weighted by Gasteiger charge is 2.10. The molecule has 1 aromatic carbocycles. The lowest BCUT2D eigenvalue weighted by Gasteiger charge is -2.03. The van der Waals surface area contributed by atoms with E-state index in [0.29, 0.717) is 18.3 Å². The van der Waals surface area contributed by atoms with E-state index in [9.17, 15) is 4.79 Å². The van der Waals surface area contributed by atoms with Crippen molar-refractivity contribution in [3.05, 3.63) is 29.8 Å². The van der Waals surface area contributed by atoms with Crippen LogP contribution in [0.4, 0.5) is 0 Å². The maximum Gasteiger partial charge on any atom is 0.488 e. The summed E-state index contributed by atoms with van der Waals surface area (Å²) in [5.41, 5.74) is 1.35. The molecule has 80 valence electrons. The van der Waals surface area contributed by atoms with Crippen LogP contribution >= 0.6 is 0 Å². The summed E-state index contributed by atoms with van der Waals surface area (Å²) >= 11 is 0. The molecular weight excluding hydrogens is 195 g/mol. The molecule has 0 heterocycles. The molecule has 0 aliphatic heterocycles. The van der Waals surface area contributed by atoms with Crippen molar-refractivity contribution >= 4 is 18.6 Å². The average molecular weight is 208 g/mol. The number of rotatable bonds is 5. The van der Waals surface area contributed by atoms with Gasteiger partial charge >= 0.3 is 13.1 Å². The van der Waals surface area contributed by atoms with E-state index in [2.05, 4.69) is 0 Å². The average Bonchev–Trinajstić information content (AvgIpc) is 2.17. The van der Waals surface area contributed by atoms with E-state index in [0.717, 1.165) is 5.56 Å². The van der Waals surface area contributed by atoms with Crippen LogP contribution in [0.3, 0.4) is 0 Å². The Kier molecular flexibility index (Phi) is 4.33. The molecule has 1 rings (SSSR count). The Balaban J connectivity index is 2.54. The molecule has 0 saturated carbocycles. The van der Waals surface area contributed by atoms with Gasteiger partial charge in [-0.25, -0.2) is 0 Å². The van der Waals surface area contributed by atoms with E-state index in [1.54, 1.807) is 18.2 Å². The smallest absolute Gasteiger partial charge is 0.481 e. The monoisotopic (exact) mass is 208 g/mol. The van der Waals surface area contributed by atoms with Gasteiger partial charge in [-0.3, -0.25) is 4.79 Å². The largest absolute Gasteiger partial charge is 0.488 e. The summed E-state index contributed by atoms with van der Waals surface area (Å²) in [4.78, 5) is 10.3. The zero-order valence-electron chi connectivity index (χ0n) is 8.26. The minimum absolute atomic E-state index is 0.131. The Morgan fingerprint density at radius 1 is 1.33 bits per heavy atom. The number of aliphatic carboxylic acids is 1. The molecule has 0 radical (unpaired) electrons. The van der Waals surface area contributed by atoms with E-state index in [-0.39, 0.29) is 6.42 Å². The maximum atomic E-state index is 10.3. The molecule has 0 spiro atoms.